The number of aryl methyl sites for hydroxylation is 8. The van der Waals surface area contributed by atoms with E-state index in [1.807, 2.05) is 0 Å². The normalized spacial score (nSPS) is 14.5. The second kappa shape index (κ2) is 10.0. The van der Waals surface area contributed by atoms with Crippen molar-refractivity contribution < 1.29 is 0 Å². The molecule has 160 valence electrons. The van der Waals surface area contributed by atoms with Gasteiger partial charge in [0.2, 0.25) is 0 Å². The monoisotopic (exact) mass is 416 g/mol. The molecule has 10 aliphatic carbocycles. The Morgan fingerprint density at radius 3 is 0.375 bits per heavy atom. The minimum absolute atomic E-state index is 1.10. The smallest absolute Gasteiger partial charge is 0.0238 e. The van der Waals surface area contributed by atoms with Gasteiger partial charge >= 0.3 is 0 Å². The quantitative estimate of drug-likeness (QED) is 0.286. The minimum atomic E-state index is 1.10. The van der Waals surface area contributed by atoms with E-state index in [1.54, 1.807) is 0 Å². The summed E-state index contributed by atoms with van der Waals surface area (Å²) < 4.78 is 0. The first-order valence-electron chi connectivity index (χ1n) is 12.1. The lowest BCUT2D eigenvalue weighted by Gasteiger charge is -2.09. The van der Waals surface area contributed by atoms with E-state index in [9.17, 15) is 0 Å². The molecule has 8 bridgehead atoms. The van der Waals surface area contributed by atoms with Crippen molar-refractivity contribution in [2.75, 3.05) is 0 Å². The molecule has 0 fully saturated rings. The van der Waals surface area contributed by atoms with Crippen LogP contribution in [0.1, 0.15) is 44.5 Å². The molecule has 0 heteroatoms. The van der Waals surface area contributed by atoms with Crippen molar-refractivity contribution in [2.24, 2.45) is 0 Å². The molecule has 4 aromatic carbocycles. The Bertz CT molecular complexity index is 833. The van der Waals surface area contributed by atoms with Gasteiger partial charge in [0.15, 0.2) is 0 Å². The minimum Gasteiger partial charge on any atom is -0.0588 e. The number of hydrogen-bond acceptors (Lipinski definition) is 0. The van der Waals surface area contributed by atoms with Crippen LogP contribution in [0, 0.1) is 0 Å². The van der Waals surface area contributed by atoms with Crippen LogP contribution in [0.25, 0.3) is 0 Å². The lowest BCUT2D eigenvalue weighted by Crippen LogP contribution is -1.97. The Morgan fingerprint density at radius 1 is 0.188 bits per heavy atom. The van der Waals surface area contributed by atoms with Gasteiger partial charge in [-0.1, -0.05) is 97.1 Å². The zero-order chi connectivity index (χ0) is 21.6. The molecule has 0 unspecified atom stereocenters. The molecule has 4 aromatic rings. The molecule has 0 atom stereocenters. The van der Waals surface area contributed by atoms with Gasteiger partial charge in [0, 0.05) is 0 Å². The van der Waals surface area contributed by atoms with Gasteiger partial charge in [-0.15, -0.1) is 0 Å². The van der Waals surface area contributed by atoms with Crippen molar-refractivity contribution in [1.29, 1.82) is 0 Å². The Kier molecular flexibility index (Phi) is 6.49. The second-order valence-corrected chi connectivity index (χ2v) is 9.27. The third-order valence-corrected chi connectivity index (χ3v) is 6.90. The Hall–Kier alpha value is -3.12. The van der Waals surface area contributed by atoms with Crippen LogP contribution in [0.15, 0.2) is 97.1 Å². The molecule has 0 heterocycles. The fourth-order valence-electron chi connectivity index (χ4n) is 4.65. The average Bonchev–Trinajstić information content (AvgIpc) is 2.86. The van der Waals surface area contributed by atoms with Crippen molar-refractivity contribution in [3.63, 3.8) is 0 Å². The summed E-state index contributed by atoms with van der Waals surface area (Å²) in [4.78, 5) is 0. The van der Waals surface area contributed by atoms with Crippen LogP contribution in [0.4, 0.5) is 0 Å². The van der Waals surface area contributed by atoms with Gasteiger partial charge in [0.25, 0.3) is 0 Å². The molecule has 0 spiro atoms. The summed E-state index contributed by atoms with van der Waals surface area (Å²) >= 11 is 0. The predicted octanol–water partition coefficient (Wildman–Crippen LogP) is 7.14. The molecular weight excluding hydrogens is 384 g/mol. The van der Waals surface area contributed by atoms with E-state index in [1.165, 1.54) is 44.5 Å². The third kappa shape index (κ3) is 5.56. The largest absolute Gasteiger partial charge is 0.0588 e. The summed E-state index contributed by atoms with van der Waals surface area (Å²) in [6, 6.07) is 37.1. The van der Waals surface area contributed by atoms with Gasteiger partial charge in [-0.25, -0.2) is 0 Å². The van der Waals surface area contributed by atoms with Gasteiger partial charge in [-0.05, 0) is 95.9 Å². The van der Waals surface area contributed by atoms with E-state index in [0.29, 0.717) is 0 Å². The first kappa shape index (κ1) is 20.8. The molecule has 0 saturated heterocycles. The molecule has 0 radical (unpaired) electrons. The Labute approximate surface area is 193 Å². The van der Waals surface area contributed by atoms with E-state index in [4.69, 9.17) is 0 Å². The van der Waals surface area contributed by atoms with E-state index >= 15 is 0 Å². The molecule has 32 heavy (non-hydrogen) atoms. The van der Waals surface area contributed by atoms with Crippen LogP contribution >= 0.6 is 0 Å². The van der Waals surface area contributed by atoms with Crippen LogP contribution in [-0.2, 0) is 51.4 Å². The van der Waals surface area contributed by atoms with Crippen LogP contribution in [0.5, 0.6) is 0 Å². The SMILES string of the molecule is c1cc2ccc1CCc1ccc(cc1)CCc1ccc(cc1)CCc1ccc(cc1)CC2. The van der Waals surface area contributed by atoms with E-state index in [0.717, 1.165) is 51.4 Å². The summed E-state index contributed by atoms with van der Waals surface area (Å²) in [6.45, 7) is 0. The second-order valence-electron chi connectivity index (χ2n) is 9.27. The number of hydrogen-bond donors (Lipinski definition) is 0. The maximum atomic E-state index is 2.32. The molecule has 0 aromatic heterocycles. The fourth-order valence-corrected chi connectivity index (χ4v) is 4.65. The highest BCUT2D eigenvalue weighted by Gasteiger charge is 2.03. The van der Waals surface area contributed by atoms with E-state index < -0.39 is 0 Å². The molecular formula is C32H32. The van der Waals surface area contributed by atoms with Gasteiger partial charge < -0.3 is 0 Å². The third-order valence-electron chi connectivity index (χ3n) is 6.90. The molecule has 14 rings (SSSR count). The topological polar surface area (TPSA) is 0 Å². The summed E-state index contributed by atoms with van der Waals surface area (Å²) in [5, 5.41) is 0. The number of benzene rings is 4. The van der Waals surface area contributed by atoms with Crippen LogP contribution in [0.2, 0.25) is 0 Å². The van der Waals surface area contributed by atoms with E-state index in [2.05, 4.69) is 97.1 Å². The van der Waals surface area contributed by atoms with E-state index in [-0.39, 0.29) is 0 Å². The highest BCUT2D eigenvalue weighted by Crippen LogP contribution is 2.16. The Balaban J connectivity index is 1.34. The van der Waals surface area contributed by atoms with Gasteiger partial charge in [-0.3, -0.25) is 0 Å². The number of rotatable bonds is 0. The standard InChI is InChI=1S/C32H32/c1-2-26-4-3-25(1)17-18-27-5-7-29(8-6-27)21-22-31-13-15-32(16-14-31)24-23-30-11-9-28(10-12-30)20-19-26/h1-16H,17-24H2. The van der Waals surface area contributed by atoms with Gasteiger partial charge in [0.05, 0.1) is 0 Å². The molecule has 10 aliphatic rings. The molecule has 0 amide bonds. The average molecular weight is 417 g/mol. The first-order chi connectivity index (χ1) is 15.8. The van der Waals surface area contributed by atoms with Gasteiger partial charge in [0.1, 0.15) is 0 Å². The summed E-state index contributed by atoms with van der Waals surface area (Å²) in [6.07, 6.45) is 8.84. The van der Waals surface area contributed by atoms with Crippen molar-refractivity contribution in [3.8, 4) is 0 Å². The molecule has 0 saturated carbocycles. The zero-order valence-corrected chi connectivity index (χ0v) is 18.9. The summed E-state index contributed by atoms with van der Waals surface area (Å²) in [5.41, 5.74) is 11.4. The Morgan fingerprint density at radius 2 is 0.281 bits per heavy atom. The maximum Gasteiger partial charge on any atom is -0.0238 e. The lowest BCUT2D eigenvalue weighted by molar-refractivity contribution is 0.921. The molecule has 0 nitrogen and oxygen atoms in total. The molecule has 0 N–H and O–H groups in total. The fraction of sp³-hybridized carbons (Fsp3) is 0.250. The zero-order valence-electron chi connectivity index (χ0n) is 18.9. The van der Waals surface area contributed by atoms with Crippen molar-refractivity contribution >= 4 is 0 Å². The highest BCUT2D eigenvalue weighted by atomic mass is 14.1. The lowest BCUT2D eigenvalue weighted by atomic mass is 9.97. The van der Waals surface area contributed by atoms with Crippen LogP contribution < -0.4 is 0 Å². The maximum absolute atomic E-state index is 2.32. The van der Waals surface area contributed by atoms with Crippen LogP contribution in [-0.4, -0.2) is 0 Å². The van der Waals surface area contributed by atoms with Crippen LogP contribution in [0.3, 0.4) is 0 Å². The summed E-state index contributed by atoms with van der Waals surface area (Å²) in [7, 11) is 0. The summed E-state index contributed by atoms with van der Waals surface area (Å²) in [5.74, 6) is 0. The van der Waals surface area contributed by atoms with Crippen molar-refractivity contribution in [2.45, 2.75) is 51.4 Å². The van der Waals surface area contributed by atoms with Crippen molar-refractivity contribution in [3.05, 3.63) is 142 Å². The molecule has 0 aliphatic heterocycles. The van der Waals surface area contributed by atoms with Crippen molar-refractivity contribution in [1.82, 2.24) is 0 Å². The first-order valence-corrected chi connectivity index (χ1v) is 12.1. The highest BCUT2D eigenvalue weighted by molar-refractivity contribution is 5.30. The predicted molar refractivity (Wildman–Crippen MR) is 135 cm³/mol. The van der Waals surface area contributed by atoms with Gasteiger partial charge in [-0.2, -0.15) is 0 Å².